The van der Waals surface area contributed by atoms with Crippen LogP contribution in [0.2, 0.25) is 0 Å². The molecule has 364 valence electrons. The third-order valence-electron chi connectivity index (χ3n) is 12.1. The molecule has 1 N–H and O–H groups in total. The third-order valence-corrected chi connectivity index (χ3v) is 12.1. The van der Waals surface area contributed by atoms with Crippen LogP contribution in [-0.2, 0) is 28.6 Å². The van der Waals surface area contributed by atoms with Gasteiger partial charge in [-0.05, 0) is 38.5 Å². The van der Waals surface area contributed by atoms with Crippen LogP contribution in [-0.4, -0.2) is 80.6 Å². The number of carbonyl (C=O) groups excluding carboxylic acids is 2. The van der Waals surface area contributed by atoms with Gasteiger partial charge in [-0.3, -0.25) is 9.59 Å². The summed E-state index contributed by atoms with van der Waals surface area (Å²) in [5.74, 6) is -1.47. The van der Waals surface area contributed by atoms with E-state index in [1.807, 2.05) is 21.1 Å². The molecule has 0 aliphatic rings. The zero-order chi connectivity index (χ0) is 45.6. The van der Waals surface area contributed by atoms with Crippen LogP contribution in [0, 0.1) is 0 Å². The minimum absolute atomic E-state index is 0.0519. The van der Waals surface area contributed by atoms with Gasteiger partial charge in [0, 0.05) is 19.3 Å². The summed E-state index contributed by atoms with van der Waals surface area (Å²) in [4.78, 5) is 37.1. The van der Waals surface area contributed by atoms with Crippen LogP contribution in [0.5, 0.6) is 0 Å². The van der Waals surface area contributed by atoms with E-state index in [1.54, 1.807) is 0 Å². The standard InChI is InChI=1S/C54H101NO7/c1-6-8-10-12-14-16-18-20-22-23-24-25-26-27-28-29-30-31-33-34-36-38-40-42-44-52(56)61-49-50(48-60-47-46-51(54(58)59)55(3,4)5)62-53(57)45-43-41-39-37-35-32-21-19-17-15-13-11-9-7-2/h13,15,19,21,50-51H,6-12,14,16-18,20,22-49H2,1-5H3/p+1/b15-13-,21-19-. The maximum Gasteiger partial charge on any atom is 0.362 e. The van der Waals surface area contributed by atoms with E-state index in [2.05, 4.69) is 38.2 Å². The Balaban J connectivity index is 4.13. The molecule has 0 amide bonds. The molecular formula is C54H102NO7+. The number of nitrogens with zero attached hydrogens (tertiary/aromatic N) is 1. The van der Waals surface area contributed by atoms with Crippen molar-refractivity contribution in [3.8, 4) is 0 Å². The number of aliphatic carboxylic acids is 1. The Bertz CT molecular complexity index is 1070. The highest BCUT2D eigenvalue weighted by Crippen LogP contribution is 2.17. The van der Waals surface area contributed by atoms with Crippen molar-refractivity contribution in [2.75, 3.05) is 41.0 Å². The summed E-state index contributed by atoms with van der Waals surface area (Å²) in [6.07, 6.45) is 52.4. The number of likely N-dealkylation sites (N-methyl/N-ethyl adjacent to an activating group) is 1. The first-order valence-corrected chi connectivity index (χ1v) is 26.4. The van der Waals surface area contributed by atoms with Crippen LogP contribution in [0.1, 0.15) is 251 Å². The second kappa shape index (κ2) is 45.4. The van der Waals surface area contributed by atoms with Gasteiger partial charge in [-0.25, -0.2) is 4.79 Å². The SMILES string of the molecule is CCCC/C=C\C/C=C\CCCCCCCC(=O)OC(COCCC(C(=O)O)[N+](C)(C)C)COC(=O)CCCCCCCCCCCCCCCCCCCCCCCCCC. The summed E-state index contributed by atoms with van der Waals surface area (Å²) in [6, 6.07) is -0.615. The van der Waals surface area contributed by atoms with Crippen molar-refractivity contribution < 1.29 is 38.2 Å². The average Bonchev–Trinajstić information content (AvgIpc) is 3.23. The van der Waals surface area contributed by atoms with E-state index in [1.165, 1.54) is 154 Å². The smallest absolute Gasteiger partial charge is 0.362 e. The molecule has 0 aliphatic heterocycles. The van der Waals surface area contributed by atoms with E-state index in [4.69, 9.17) is 14.2 Å². The van der Waals surface area contributed by atoms with Crippen molar-refractivity contribution in [1.29, 1.82) is 0 Å². The molecule has 0 spiro atoms. The van der Waals surface area contributed by atoms with Crippen molar-refractivity contribution in [2.24, 2.45) is 0 Å². The van der Waals surface area contributed by atoms with Crippen LogP contribution in [0.25, 0.3) is 0 Å². The molecule has 2 unspecified atom stereocenters. The van der Waals surface area contributed by atoms with Crippen molar-refractivity contribution in [2.45, 2.75) is 264 Å². The molecule has 8 nitrogen and oxygen atoms in total. The molecule has 0 aromatic rings. The Morgan fingerprint density at radius 2 is 0.871 bits per heavy atom. The number of hydrogen-bond donors (Lipinski definition) is 1. The molecule has 0 fully saturated rings. The van der Waals surface area contributed by atoms with Gasteiger partial charge in [0.25, 0.3) is 0 Å². The molecule has 2 atom stereocenters. The van der Waals surface area contributed by atoms with Crippen LogP contribution >= 0.6 is 0 Å². The molecule has 62 heavy (non-hydrogen) atoms. The number of carboxylic acids is 1. The fourth-order valence-corrected chi connectivity index (χ4v) is 7.99. The predicted octanol–water partition coefficient (Wildman–Crippen LogP) is 15.2. The van der Waals surface area contributed by atoms with E-state index >= 15 is 0 Å². The summed E-state index contributed by atoms with van der Waals surface area (Å²) in [6.45, 7) is 4.72. The monoisotopic (exact) mass is 877 g/mol. The molecule has 0 saturated carbocycles. The second-order valence-corrected chi connectivity index (χ2v) is 19.1. The van der Waals surface area contributed by atoms with Crippen LogP contribution in [0.3, 0.4) is 0 Å². The van der Waals surface area contributed by atoms with Crippen molar-refractivity contribution in [1.82, 2.24) is 0 Å². The van der Waals surface area contributed by atoms with Crippen molar-refractivity contribution in [3.05, 3.63) is 24.3 Å². The molecule has 0 bridgehead atoms. The number of rotatable bonds is 48. The first-order valence-electron chi connectivity index (χ1n) is 26.4. The average molecular weight is 877 g/mol. The van der Waals surface area contributed by atoms with Gasteiger partial charge in [0.2, 0.25) is 0 Å². The molecule has 0 aliphatic carbocycles. The summed E-state index contributed by atoms with van der Waals surface area (Å²) >= 11 is 0. The number of ether oxygens (including phenoxy) is 3. The molecular weight excluding hydrogens is 775 g/mol. The van der Waals surface area contributed by atoms with Crippen LogP contribution in [0.4, 0.5) is 0 Å². The number of quaternary nitrogens is 1. The second-order valence-electron chi connectivity index (χ2n) is 19.1. The van der Waals surface area contributed by atoms with Crippen LogP contribution in [0.15, 0.2) is 24.3 Å². The number of carbonyl (C=O) groups is 3. The van der Waals surface area contributed by atoms with Gasteiger partial charge in [-0.1, -0.05) is 218 Å². The first-order chi connectivity index (χ1) is 30.1. The molecule has 0 aromatic carbocycles. The molecule has 0 aromatic heterocycles. The summed E-state index contributed by atoms with van der Waals surface area (Å²) < 4.78 is 17.3. The largest absolute Gasteiger partial charge is 0.477 e. The summed E-state index contributed by atoms with van der Waals surface area (Å²) in [5, 5.41) is 9.65. The topological polar surface area (TPSA) is 99.1 Å². The minimum atomic E-state index is -0.874. The Kier molecular flexibility index (Phi) is 43.8. The van der Waals surface area contributed by atoms with Crippen molar-refractivity contribution >= 4 is 17.9 Å². The highest BCUT2D eigenvalue weighted by molar-refractivity contribution is 5.72. The number of esters is 2. The highest BCUT2D eigenvalue weighted by Gasteiger charge is 2.31. The number of hydrogen-bond acceptors (Lipinski definition) is 6. The van der Waals surface area contributed by atoms with Gasteiger partial charge in [-0.15, -0.1) is 0 Å². The zero-order valence-electron chi connectivity index (χ0n) is 41.6. The van der Waals surface area contributed by atoms with Gasteiger partial charge in [-0.2, -0.15) is 0 Å². The van der Waals surface area contributed by atoms with E-state index in [9.17, 15) is 19.5 Å². The summed E-state index contributed by atoms with van der Waals surface area (Å²) in [7, 11) is 5.54. The fourth-order valence-electron chi connectivity index (χ4n) is 7.99. The molecule has 0 rings (SSSR count). The predicted molar refractivity (Wildman–Crippen MR) is 262 cm³/mol. The lowest BCUT2D eigenvalue weighted by atomic mass is 10.0. The number of carboxylic acid groups (broad SMARTS) is 1. The van der Waals surface area contributed by atoms with Crippen LogP contribution < -0.4 is 0 Å². The van der Waals surface area contributed by atoms with Gasteiger partial charge in [0.05, 0.1) is 34.4 Å². The molecule has 0 radical (unpaired) electrons. The van der Waals surface area contributed by atoms with Gasteiger partial charge in [0.1, 0.15) is 6.61 Å². The maximum absolute atomic E-state index is 12.8. The molecule has 0 heterocycles. The lowest BCUT2D eigenvalue weighted by molar-refractivity contribution is -0.887. The number of allylic oxidation sites excluding steroid dienone is 4. The molecule has 0 saturated heterocycles. The van der Waals surface area contributed by atoms with E-state index in [0.717, 1.165) is 64.2 Å². The van der Waals surface area contributed by atoms with E-state index in [0.29, 0.717) is 19.3 Å². The maximum atomic E-state index is 12.8. The van der Waals surface area contributed by atoms with Crippen molar-refractivity contribution in [3.63, 3.8) is 0 Å². The summed E-state index contributed by atoms with van der Waals surface area (Å²) in [5.41, 5.74) is 0. The third kappa shape index (κ3) is 43.1. The normalized spacial score (nSPS) is 13.0. The first kappa shape index (κ1) is 59.8. The highest BCUT2D eigenvalue weighted by atomic mass is 16.6. The quantitative estimate of drug-likeness (QED) is 0.0281. The number of unbranched alkanes of at least 4 members (excludes halogenated alkanes) is 30. The minimum Gasteiger partial charge on any atom is -0.477 e. The Morgan fingerprint density at radius 3 is 1.29 bits per heavy atom. The Labute approximate surface area is 383 Å². The fraction of sp³-hybridized carbons (Fsp3) is 0.870. The Hall–Kier alpha value is -2.19. The molecule has 8 heteroatoms. The lowest BCUT2D eigenvalue weighted by Gasteiger charge is -2.31. The van der Waals surface area contributed by atoms with Gasteiger partial charge in [0.15, 0.2) is 12.1 Å². The van der Waals surface area contributed by atoms with E-state index < -0.39 is 18.1 Å². The lowest BCUT2D eigenvalue weighted by Crippen LogP contribution is -2.50. The van der Waals surface area contributed by atoms with Gasteiger partial charge < -0.3 is 23.8 Å². The Morgan fingerprint density at radius 1 is 0.484 bits per heavy atom. The van der Waals surface area contributed by atoms with Gasteiger partial charge >= 0.3 is 17.9 Å². The zero-order valence-corrected chi connectivity index (χ0v) is 41.6. The van der Waals surface area contributed by atoms with E-state index in [-0.39, 0.29) is 36.2 Å².